The van der Waals surface area contributed by atoms with Crippen LogP contribution in [0.2, 0.25) is 5.02 Å². The van der Waals surface area contributed by atoms with Gasteiger partial charge in [-0.25, -0.2) is 15.0 Å². The summed E-state index contributed by atoms with van der Waals surface area (Å²) in [4.78, 5) is 53.5. The molecular formula is C22H17ClF3N5O3S. The summed E-state index contributed by atoms with van der Waals surface area (Å²) in [6, 6.07) is 0.758. The van der Waals surface area contributed by atoms with Crippen molar-refractivity contribution < 1.29 is 27.6 Å². The SMILES string of the molecule is C[C@@H](CC(=O)c1ncnc2c1CCC(=O)N2)c1ncc(C(=O)Cc2cc(C(F)(F)F)c(Cl)cn2)s1. The fraction of sp³-hybridized carbons (Fsp3) is 0.318. The number of nitrogens with one attached hydrogen (secondary N) is 1. The maximum absolute atomic E-state index is 13.1. The molecule has 0 unspecified atom stereocenters. The van der Waals surface area contributed by atoms with Crippen molar-refractivity contribution in [3.63, 3.8) is 0 Å². The zero-order valence-corrected chi connectivity index (χ0v) is 19.7. The predicted octanol–water partition coefficient (Wildman–Crippen LogP) is 4.69. The summed E-state index contributed by atoms with van der Waals surface area (Å²) in [5.41, 5.74) is -0.289. The number of aromatic nitrogens is 4. The van der Waals surface area contributed by atoms with E-state index in [1.54, 1.807) is 6.92 Å². The minimum atomic E-state index is -4.66. The van der Waals surface area contributed by atoms with Crippen LogP contribution in [0.3, 0.4) is 0 Å². The third-order valence-corrected chi connectivity index (χ3v) is 6.91. The van der Waals surface area contributed by atoms with Crippen LogP contribution in [0, 0.1) is 0 Å². The lowest BCUT2D eigenvalue weighted by molar-refractivity contribution is -0.137. The number of thiazole rings is 1. The van der Waals surface area contributed by atoms with Crippen LogP contribution >= 0.6 is 22.9 Å². The lowest BCUT2D eigenvalue weighted by atomic mass is 9.97. The van der Waals surface area contributed by atoms with Crippen LogP contribution < -0.4 is 5.32 Å². The summed E-state index contributed by atoms with van der Waals surface area (Å²) in [5, 5.41) is 2.61. The van der Waals surface area contributed by atoms with E-state index in [1.807, 2.05) is 0 Å². The van der Waals surface area contributed by atoms with Crippen LogP contribution in [0.15, 0.2) is 24.8 Å². The monoisotopic (exact) mass is 523 g/mol. The Morgan fingerprint density at radius 3 is 2.66 bits per heavy atom. The van der Waals surface area contributed by atoms with Crippen LogP contribution in [-0.2, 0) is 23.8 Å². The van der Waals surface area contributed by atoms with Gasteiger partial charge in [-0.2, -0.15) is 13.2 Å². The number of pyridine rings is 1. The normalized spacial score (nSPS) is 14.3. The first-order chi connectivity index (χ1) is 16.5. The molecule has 1 aliphatic rings. The van der Waals surface area contributed by atoms with E-state index in [-0.39, 0.29) is 53.1 Å². The number of alkyl halides is 3. The number of fused-ring (bicyclic) bond motifs is 1. The van der Waals surface area contributed by atoms with Crippen molar-refractivity contribution in [3.8, 4) is 0 Å². The standard InChI is InChI=1S/C22H17ClF3N5O3S/c1-10(4-16(33)19-12-2-3-18(34)31-20(12)30-9-29-19)21-28-8-17(35-21)15(32)6-11-5-13(22(24,25)26)14(23)7-27-11/h5,7-10H,2-4,6H2,1H3,(H,29,30,31,34)/t10-/m0/s1. The largest absolute Gasteiger partial charge is 0.417 e. The van der Waals surface area contributed by atoms with Gasteiger partial charge in [-0.15, -0.1) is 11.3 Å². The molecule has 0 spiro atoms. The van der Waals surface area contributed by atoms with Gasteiger partial charge in [0.05, 0.1) is 26.9 Å². The van der Waals surface area contributed by atoms with Gasteiger partial charge in [-0.05, 0) is 12.5 Å². The number of halogens is 4. The van der Waals surface area contributed by atoms with Gasteiger partial charge in [-0.1, -0.05) is 18.5 Å². The van der Waals surface area contributed by atoms with Gasteiger partial charge >= 0.3 is 6.18 Å². The molecule has 1 N–H and O–H groups in total. The molecular weight excluding hydrogens is 507 g/mol. The number of nitrogens with zero attached hydrogens (tertiary/aromatic N) is 4. The van der Waals surface area contributed by atoms with Gasteiger partial charge in [0.2, 0.25) is 5.91 Å². The van der Waals surface area contributed by atoms with Crippen molar-refractivity contribution >= 4 is 46.2 Å². The maximum atomic E-state index is 13.1. The molecule has 0 aromatic carbocycles. The average molecular weight is 524 g/mol. The minimum Gasteiger partial charge on any atom is -0.310 e. The van der Waals surface area contributed by atoms with E-state index in [1.165, 1.54) is 12.5 Å². The zero-order valence-electron chi connectivity index (χ0n) is 18.1. The van der Waals surface area contributed by atoms with Gasteiger partial charge in [0.15, 0.2) is 11.6 Å². The number of carbonyl (C=O) groups is 3. The number of anilines is 1. The summed E-state index contributed by atoms with van der Waals surface area (Å²) < 4.78 is 39.2. The number of carbonyl (C=O) groups excluding carboxylic acids is 3. The van der Waals surface area contributed by atoms with Crippen molar-refractivity contribution in [1.29, 1.82) is 0 Å². The van der Waals surface area contributed by atoms with Crippen LogP contribution in [0.4, 0.5) is 19.0 Å². The summed E-state index contributed by atoms with van der Waals surface area (Å²) in [6.45, 7) is 1.77. The Labute approximate surface area is 206 Å². The highest BCUT2D eigenvalue weighted by atomic mass is 35.5. The Hall–Kier alpha value is -3.25. The van der Waals surface area contributed by atoms with Gasteiger partial charge in [-0.3, -0.25) is 19.4 Å². The van der Waals surface area contributed by atoms with Crippen molar-refractivity contribution in [2.45, 2.75) is 44.7 Å². The minimum absolute atomic E-state index is 0.0617. The number of hydrogen-bond acceptors (Lipinski definition) is 8. The van der Waals surface area contributed by atoms with E-state index in [4.69, 9.17) is 11.6 Å². The van der Waals surface area contributed by atoms with Gasteiger partial charge in [0.1, 0.15) is 17.8 Å². The molecule has 0 aliphatic carbocycles. The molecule has 8 nitrogen and oxygen atoms in total. The zero-order chi connectivity index (χ0) is 25.3. The molecule has 1 atom stereocenters. The topological polar surface area (TPSA) is 115 Å². The van der Waals surface area contributed by atoms with Crippen LogP contribution in [0.25, 0.3) is 0 Å². The maximum Gasteiger partial charge on any atom is 0.417 e. The summed E-state index contributed by atoms with van der Waals surface area (Å²) in [7, 11) is 0. The van der Waals surface area contributed by atoms with Crippen LogP contribution in [0.5, 0.6) is 0 Å². The number of amides is 1. The predicted molar refractivity (Wildman–Crippen MR) is 121 cm³/mol. The Morgan fingerprint density at radius 2 is 1.91 bits per heavy atom. The Kier molecular flexibility index (Phi) is 6.95. The Bertz CT molecular complexity index is 1330. The highest BCUT2D eigenvalue weighted by molar-refractivity contribution is 7.13. The molecule has 182 valence electrons. The second-order valence-electron chi connectivity index (χ2n) is 7.94. The van der Waals surface area contributed by atoms with Gasteiger partial charge < -0.3 is 5.32 Å². The highest BCUT2D eigenvalue weighted by Crippen LogP contribution is 2.35. The number of rotatable bonds is 7. The van der Waals surface area contributed by atoms with Gasteiger partial charge in [0.25, 0.3) is 0 Å². The van der Waals surface area contributed by atoms with E-state index in [2.05, 4.69) is 25.3 Å². The molecule has 0 saturated carbocycles. The first kappa shape index (κ1) is 24.9. The smallest absolute Gasteiger partial charge is 0.310 e. The Balaban J connectivity index is 1.44. The van der Waals surface area contributed by atoms with E-state index >= 15 is 0 Å². The molecule has 0 radical (unpaired) electrons. The van der Waals surface area contributed by atoms with Gasteiger partial charge in [0, 0.05) is 42.4 Å². The molecule has 3 aromatic rings. The molecule has 1 aliphatic heterocycles. The average Bonchev–Trinajstić information content (AvgIpc) is 3.29. The number of ketones is 2. The van der Waals surface area contributed by atoms with E-state index < -0.39 is 22.5 Å². The fourth-order valence-corrected chi connectivity index (χ4v) is 4.70. The molecule has 0 fully saturated rings. The lowest BCUT2D eigenvalue weighted by Crippen LogP contribution is -2.23. The molecule has 4 rings (SSSR count). The van der Waals surface area contributed by atoms with Crippen LogP contribution in [0.1, 0.15) is 67.7 Å². The molecule has 13 heteroatoms. The van der Waals surface area contributed by atoms with E-state index in [0.717, 1.165) is 23.6 Å². The van der Waals surface area contributed by atoms with E-state index in [9.17, 15) is 27.6 Å². The molecule has 1 amide bonds. The summed E-state index contributed by atoms with van der Waals surface area (Å²) >= 11 is 6.64. The number of hydrogen-bond donors (Lipinski definition) is 1. The second kappa shape index (κ2) is 9.78. The molecule has 35 heavy (non-hydrogen) atoms. The van der Waals surface area contributed by atoms with Crippen LogP contribution in [-0.4, -0.2) is 37.4 Å². The third kappa shape index (κ3) is 5.54. The molecule has 0 bridgehead atoms. The summed E-state index contributed by atoms with van der Waals surface area (Å²) in [6.07, 6.45) is -0.922. The van der Waals surface area contributed by atoms with Crippen molar-refractivity contribution in [1.82, 2.24) is 19.9 Å². The first-order valence-corrected chi connectivity index (χ1v) is 11.6. The van der Waals surface area contributed by atoms with Crippen molar-refractivity contribution in [2.24, 2.45) is 0 Å². The first-order valence-electron chi connectivity index (χ1n) is 10.4. The highest BCUT2D eigenvalue weighted by Gasteiger charge is 2.34. The molecule has 0 saturated heterocycles. The fourth-order valence-electron chi connectivity index (χ4n) is 3.58. The van der Waals surface area contributed by atoms with Crippen molar-refractivity contribution in [2.75, 3.05) is 5.32 Å². The summed E-state index contributed by atoms with van der Waals surface area (Å²) in [5.74, 6) is -0.884. The Morgan fingerprint density at radius 1 is 1.14 bits per heavy atom. The lowest BCUT2D eigenvalue weighted by Gasteiger charge is -2.17. The number of Topliss-reactive ketones (excluding diaryl/α,β-unsaturated/α-hetero) is 2. The molecule has 4 heterocycles. The van der Waals surface area contributed by atoms with E-state index in [0.29, 0.717) is 22.8 Å². The molecule has 3 aromatic heterocycles. The van der Waals surface area contributed by atoms with Crippen molar-refractivity contribution in [3.05, 3.63) is 62.2 Å². The third-order valence-electron chi connectivity index (χ3n) is 5.34. The second-order valence-corrected chi connectivity index (χ2v) is 9.41. The quantitative estimate of drug-likeness (QED) is 0.447.